The van der Waals surface area contributed by atoms with E-state index in [0.29, 0.717) is 5.56 Å². The van der Waals surface area contributed by atoms with E-state index in [2.05, 4.69) is 37.2 Å². The van der Waals surface area contributed by atoms with E-state index in [4.69, 9.17) is 0 Å². The van der Waals surface area contributed by atoms with E-state index in [1.165, 1.54) is 0 Å². The van der Waals surface area contributed by atoms with Gasteiger partial charge in [0.25, 0.3) is 5.91 Å². The van der Waals surface area contributed by atoms with Crippen LogP contribution in [0.1, 0.15) is 15.9 Å². The highest BCUT2D eigenvalue weighted by Crippen LogP contribution is 2.24. The summed E-state index contributed by atoms with van der Waals surface area (Å²) in [5.74, 6) is -0.117. The van der Waals surface area contributed by atoms with Crippen molar-refractivity contribution < 1.29 is 4.79 Å². The summed E-state index contributed by atoms with van der Waals surface area (Å²) in [4.78, 5) is 12.0. The molecule has 0 fully saturated rings. The monoisotopic (exact) mass is 367 g/mol. The number of benzene rings is 2. The maximum absolute atomic E-state index is 12.0. The highest BCUT2D eigenvalue weighted by molar-refractivity contribution is 9.10. The smallest absolute Gasteiger partial charge is 0.255 e. The average Bonchev–Trinajstić information content (AvgIpc) is 2.34. The molecule has 0 spiro atoms. The molecule has 0 unspecified atom stereocenters. The standard InChI is InChI=1S/C14H11Br2NO/c1-9-2-7-12(16)13(8-9)17-14(18)10-3-5-11(15)6-4-10/h2-8H,1H3,(H,17,18). The van der Waals surface area contributed by atoms with Crippen molar-refractivity contribution in [2.45, 2.75) is 6.92 Å². The first-order chi connectivity index (χ1) is 8.56. The fraction of sp³-hybridized carbons (Fsp3) is 0.0714. The molecule has 0 heterocycles. The minimum atomic E-state index is -0.117. The molecule has 0 saturated carbocycles. The quantitative estimate of drug-likeness (QED) is 0.812. The van der Waals surface area contributed by atoms with Gasteiger partial charge in [0.15, 0.2) is 0 Å². The van der Waals surface area contributed by atoms with Crippen LogP contribution in [0.15, 0.2) is 51.4 Å². The zero-order valence-electron chi connectivity index (χ0n) is 9.71. The summed E-state index contributed by atoms with van der Waals surface area (Å²) in [5, 5.41) is 2.89. The van der Waals surface area contributed by atoms with Gasteiger partial charge in [0.1, 0.15) is 0 Å². The van der Waals surface area contributed by atoms with E-state index in [9.17, 15) is 4.79 Å². The molecule has 92 valence electrons. The lowest BCUT2D eigenvalue weighted by molar-refractivity contribution is 0.102. The Morgan fingerprint density at radius 2 is 1.72 bits per heavy atom. The summed E-state index contributed by atoms with van der Waals surface area (Å²) < 4.78 is 1.83. The topological polar surface area (TPSA) is 29.1 Å². The van der Waals surface area contributed by atoms with Gasteiger partial charge in [-0.1, -0.05) is 22.0 Å². The summed E-state index contributed by atoms with van der Waals surface area (Å²) in [5.41, 5.74) is 2.51. The van der Waals surface area contributed by atoms with Gasteiger partial charge in [-0.15, -0.1) is 0 Å². The number of hydrogen-bond acceptors (Lipinski definition) is 1. The van der Waals surface area contributed by atoms with Crippen molar-refractivity contribution in [2.75, 3.05) is 5.32 Å². The number of rotatable bonds is 2. The van der Waals surface area contributed by atoms with E-state index in [-0.39, 0.29) is 5.91 Å². The summed E-state index contributed by atoms with van der Waals surface area (Å²) in [6.07, 6.45) is 0. The van der Waals surface area contributed by atoms with Crippen LogP contribution in [0.3, 0.4) is 0 Å². The number of halogens is 2. The molecule has 0 aliphatic carbocycles. The van der Waals surface area contributed by atoms with E-state index >= 15 is 0 Å². The molecule has 2 nitrogen and oxygen atoms in total. The van der Waals surface area contributed by atoms with Gasteiger partial charge in [0, 0.05) is 14.5 Å². The van der Waals surface area contributed by atoms with Gasteiger partial charge in [0.2, 0.25) is 0 Å². The van der Waals surface area contributed by atoms with E-state index in [1.54, 1.807) is 12.1 Å². The van der Waals surface area contributed by atoms with Gasteiger partial charge in [-0.3, -0.25) is 4.79 Å². The summed E-state index contributed by atoms with van der Waals surface area (Å²) in [6.45, 7) is 1.99. The van der Waals surface area contributed by atoms with Crippen LogP contribution in [0.5, 0.6) is 0 Å². The number of carbonyl (C=O) groups is 1. The molecule has 4 heteroatoms. The molecular weight excluding hydrogens is 358 g/mol. The SMILES string of the molecule is Cc1ccc(Br)c(NC(=O)c2ccc(Br)cc2)c1. The fourth-order valence-electron chi connectivity index (χ4n) is 1.53. The molecule has 0 bridgehead atoms. The number of anilines is 1. The van der Waals surface area contributed by atoms with Gasteiger partial charge >= 0.3 is 0 Å². The number of amides is 1. The van der Waals surface area contributed by atoms with Crippen LogP contribution in [-0.4, -0.2) is 5.91 Å². The second-order valence-corrected chi connectivity index (χ2v) is 5.71. The molecule has 0 aromatic heterocycles. The van der Waals surface area contributed by atoms with Crippen molar-refractivity contribution in [3.8, 4) is 0 Å². The molecule has 2 aromatic carbocycles. The lowest BCUT2D eigenvalue weighted by Crippen LogP contribution is -2.12. The van der Waals surface area contributed by atoms with Crippen molar-refractivity contribution in [3.63, 3.8) is 0 Å². The van der Waals surface area contributed by atoms with E-state index in [1.807, 2.05) is 37.3 Å². The van der Waals surface area contributed by atoms with Crippen molar-refractivity contribution in [2.24, 2.45) is 0 Å². The summed E-state index contributed by atoms with van der Waals surface area (Å²) in [7, 11) is 0. The Morgan fingerprint density at radius 3 is 2.39 bits per heavy atom. The van der Waals surface area contributed by atoms with Gasteiger partial charge in [-0.25, -0.2) is 0 Å². The van der Waals surface area contributed by atoms with Crippen LogP contribution in [0, 0.1) is 6.92 Å². The Balaban J connectivity index is 2.21. The average molecular weight is 369 g/mol. The molecule has 2 rings (SSSR count). The zero-order valence-corrected chi connectivity index (χ0v) is 12.9. The normalized spacial score (nSPS) is 10.2. The minimum Gasteiger partial charge on any atom is -0.321 e. The van der Waals surface area contributed by atoms with E-state index in [0.717, 1.165) is 20.2 Å². The van der Waals surface area contributed by atoms with Gasteiger partial charge < -0.3 is 5.32 Å². The van der Waals surface area contributed by atoms with Crippen molar-refractivity contribution >= 4 is 43.5 Å². The molecule has 0 radical (unpaired) electrons. The third-order valence-corrected chi connectivity index (χ3v) is 3.70. The van der Waals surface area contributed by atoms with Crippen molar-refractivity contribution in [1.29, 1.82) is 0 Å². The first-order valence-electron chi connectivity index (χ1n) is 5.39. The second kappa shape index (κ2) is 5.67. The number of hydrogen-bond donors (Lipinski definition) is 1. The molecule has 0 saturated heterocycles. The predicted octanol–water partition coefficient (Wildman–Crippen LogP) is 4.77. The second-order valence-electron chi connectivity index (χ2n) is 3.94. The minimum absolute atomic E-state index is 0.117. The van der Waals surface area contributed by atoms with Crippen LogP contribution in [0.4, 0.5) is 5.69 Å². The maximum Gasteiger partial charge on any atom is 0.255 e. The molecule has 18 heavy (non-hydrogen) atoms. The largest absolute Gasteiger partial charge is 0.321 e. The predicted molar refractivity (Wildman–Crippen MR) is 81.0 cm³/mol. The summed E-state index contributed by atoms with van der Waals surface area (Å²) >= 11 is 6.76. The molecule has 2 aromatic rings. The van der Waals surface area contributed by atoms with Crippen LogP contribution >= 0.6 is 31.9 Å². The molecule has 0 atom stereocenters. The number of carbonyl (C=O) groups excluding carboxylic acids is 1. The summed E-state index contributed by atoms with van der Waals surface area (Å²) in [6, 6.07) is 13.1. The Bertz CT molecular complexity index is 579. The highest BCUT2D eigenvalue weighted by Gasteiger charge is 2.08. The Labute approximate surface area is 123 Å². The van der Waals surface area contributed by atoms with Crippen molar-refractivity contribution in [1.82, 2.24) is 0 Å². The van der Waals surface area contributed by atoms with E-state index < -0.39 is 0 Å². The molecule has 0 aliphatic rings. The van der Waals surface area contributed by atoms with Crippen LogP contribution < -0.4 is 5.32 Å². The zero-order chi connectivity index (χ0) is 13.1. The van der Waals surface area contributed by atoms with Gasteiger partial charge in [0.05, 0.1) is 5.69 Å². The van der Waals surface area contributed by atoms with Gasteiger partial charge in [-0.2, -0.15) is 0 Å². The maximum atomic E-state index is 12.0. The molecule has 0 aliphatic heterocycles. The lowest BCUT2D eigenvalue weighted by atomic mass is 10.2. The molecular formula is C14H11Br2NO. The highest BCUT2D eigenvalue weighted by atomic mass is 79.9. The molecule has 1 N–H and O–H groups in total. The number of aryl methyl sites for hydroxylation is 1. The first-order valence-corrected chi connectivity index (χ1v) is 6.98. The fourth-order valence-corrected chi connectivity index (χ4v) is 2.14. The van der Waals surface area contributed by atoms with Crippen LogP contribution in [-0.2, 0) is 0 Å². The Kier molecular flexibility index (Phi) is 4.19. The van der Waals surface area contributed by atoms with Crippen LogP contribution in [0.25, 0.3) is 0 Å². The van der Waals surface area contributed by atoms with Crippen molar-refractivity contribution in [3.05, 3.63) is 62.5 Å². The lowest BCUT2D eigenvalue weighted by Gasteiger charge is -2.08. The van der Waals surface area contributed by atoms with Gasteiger partial charge in [-0.05, 0) is 64.8 Å². The first kappa shape index (κ1) is 13.3. The third kappa shape index (κ3) is 3.21. The molecule has 1 amide bonds. The Hall–Kier alpha value is -1.13. The van der Waals surface area contributed by atoms with Crippen LogP contribution in [0.2, 0.25) is 0 Å². The number of nitrogens with one attached hydrogen (secondary N) is 1. The third-order valence-electron chi connectivity index (χ3n) is 2.48. The Morgan fingerprint density at radius 1 is 1.06 bits per heavy atom.